The Hall–Kier alpha value is -2.42. The lowest BCUT2D eigenvalue weighted by Crippen LogP contribution is -2.29. The minimum absolute atomic E-state index is 0. The molecule has 1 amide bonds. The third-order valence-corrected chi connectivity index (χ3v) is 5.94. The third-order valence-electron chi connectivity index (χ3n) is 4.05. The van der Waals surface area contributed by atoms with Gasteiger partial charge in [-0.3, -0.25) is 4.79 Å². The molecule has 3 rings (SSSR count). The minimum atomic E-state index is -5.73. The van der Waals surface area contributed by atoms with Gasteiger partial charge < -0.3 is 5.32 Å². The van der Waals surface area contributed by atoms with Gasteiger partial charge in [0.2, 0.25) is 0 Å². The van der Waals surface area contributed by atoms with E-state index in [1.165, 1.54) is 13.1 Å². The van der Waals surface area contributed by atoms with Crippen molar-refractivity contribution in [3.63, 3.8) is 0 Å². The maximum Gasteiger partial charge on any atom is 0.501 e. The fraction of sp³-hybridized carbons (Fsp3) is 0.176. The fourth-order valence-corrected chi connectivity index (χ4v) is 3.88. The molecular formula is C17H13Cl2F4N5O3S2. The molecule has 0 unspecified atom stereocenters. The largest absolute Gasteiger partial charge is 0.501 e. The number of nitrogens with one attached hydrogen (secondary N) is 1. The first-order valence-corrected chi connectivity index (χ1v) is 10.7. The number of halogens is 6. The lowest BCUT2D eigenvalue weighted by atomic mass is 10.2. The summed E-state index contributed by atoms with van der Waals surface area (Å²) >= 11 is 11.4. The molecule has 0 aliphatic rings. The second-order valence-corrected chi connectivity index (χ2v) is 9.12. The highest BCUT2D eigenvalue weighted by atomic mass is 35.5. The molecule has 33 heavy (non-hydrogen) atoms. The molecule has 8 nitrogen and oxygen atoms in total. The Morgan fingerprint density at radius 2 is 1.79 bits per heavy atom. The Balaban J connectivity index is 0.00000385. The topological polar surface area (TPSA) is 107 Å². The first-order chi connectivity index (χ1) is 14.8. The number of nitrogens with zero attached hydrogens (tertiary/aromatic N) is 4. The summed E-state index contributed by atoms with van der Waals surface area (Å²) in [6, 6.07) is 2.15. The Morgan fingerprint density at radius 1 is 1.12 bits per heavy atom. The number of alkyl halides is 3. The van der Waals surface area contributed by atoms with E-state index in [1.54, 1.807) is 0 Å². The molecule has 178 valence electrons. The molecule has 0 saturated carbocycles. The number of benzene rings is 1. The molecule has 0 fully saturated rings. The number of sulfone groups is 1. The number of rotatable bonds is 5. The number of carbonyl (C=O) groups excluding carboxylic acids is 1. The van der Waals surface area contributed by atoms with Crippen molar-refractivity contribution in [1.29, 1.82) is 0 Å². The van der Waals surface area contributed by atoms with Gasteiger partial charge in [0.05, 0.1) is 16.0 Å². The Bertz CT molecular complexity index is 1300. The van der Waals surface area contributed by atoms with Crippen molar-refractivity contribution in [3.05, 3.63) is 64.0 Å². The number of hydrogen-bond acceptors (Lipinski definition) is 6. The van der Waals surface area contributed by atoms with Crippen LogP contribution in [0.1, 0.15) is 29.1 Å². The SMILES string of the molecule is C[C@@H](NC(=O)c1cc(Cl)cc(S(=O)(=O)C(F)(F)F)c1)c1ncnn1-c1ncc(Cl)cc1F.S. The van der Waals surface area contributed by atoms with Crippen LogP contribution >= 0.6 is 36.7 Å². The predicted octanol–water partition coefficient (Wildman–Crippen LogP) is 4.01. The summed E-state index contributed by atoms with van der Waals surface area (Å²) in [5.41, 5.74) is -6.03. The lowest BCUT2D eigenvalue weighted by Gasteiger charge is -2.15. The molecule has 2 aromatic heterocycles. The highest BCUT2D eigenvalue weighted by Gasteiger charge is 2.47. The predicted molar refractivity (Wildman–Crippen MR) is 115 cm³/mol. The van der Waals surface area contributed by atoms with Crippen molar-refractivity contribution in [1.82, 2.24) is 25.1 Å². The quantitative estimate of drug-likeness (QED) is 0.485. The molecule has 1 atom stereocenters. The van der Waals surface area contributed by atoms with E-state index >= 15 is 0 Å². The first-order valence-electron chi connectivity index (χ1n) is 8.45. The van der Waals surface area contributed by atoms with Crippen molar-refractivity contribution in [2.45, 2.75) is 23.4 Å². The second-order valence-electron chi connectivity index (χ2n) is 6.31. The highest BCUT2D eigenvalue weighted by Crippen LogP contribution is 2.32. The molecule has 0 spiro atoms. The van der Waals surface area contributed by atoms with Crippen molar-refractivity contribution >= 4 is 52.4 Å². The van der Waals surface area contributed by atoms with Gasteiger partial charge in [-0.25, -0.2) is 22.8 Å². The molecule has 1 aromatic carbocycles. The molecule has 16 heteroatoms. The average Bonchev–Trinajstić information content (AvgIpc) is 3.16. The van der Waals surface area contributed by atoms with E-state index in [1.807, 2.05) is 0 Å². The molecule has 0 aliphatic carbocycles. The Labute approximate surface area is 201 Å². The molecule has 2 heterocycles. The molecule has 1 N–H and O–H groups in total. The zero-order valence-corrected chi connectivity index (χ0v) is 19.6. The second kappa shape index (κ2) is 9.83. The monoisotopic (exact) mass is 545 g/mol. The van der Waals surface area contributed by atoms with Crippen molar-refractivity contribution in [2.75, 3.05) is 0 Å². The van der Waals surface area contributed by atoms with Crippen LogP contribution in [-0.4, -0.2) is 39.6 Å². The summed E-state index contributed by atoms with van der Waals surface area (Å²) in [5, 5.41) is 5.90. The van der Waals surface area contributed by atoms with Crippen molar-refractivity contribution in [3.8, 4) is 5.82 Å². The highest BCUT2D eigenvalue weighted by molar-refractivity contribution is 7.92. The fourth-order valence-electron chi connectivity index (χ4n) is 2.60. The summed E-state index contributed by atoms with van der Waals surface area (Å²) in [6.07, 6.45) is 2.24. The van der Waals surface area contributed by atoms with Crippen LogP contribution in [0.25, 0.3) is 5.82 Å². The van der Waals surface area contributed by atoms with Crippen LogP contribution in [0.3, 0.4) is 0 Å². The lowest BCUT2D eigenvalue weighted by molar-refractivity contribution is -0.0436. The van der Waals surface area contributed by atoms with Gasteiger partial charge in [0, 0.05) is 16.8 Å². The average molecular weight is 546 g/mol. The van der Waals surface area contributed by atoms with E-state index in [2.05, 4.69) is 20.4 Å². The van der Waals surface area contributed by atoms with Crippen LogP contribution in [0.4, 0.5) is 17.6 Å². The normalized spacial score (nSPS) is 12.7. The van der Waals surface area contributed by atoms with Gasteiger partial charge >= 0.3 is 5.51 Å². The number of amides is 1. The van der Waals surface area contributed by atoms with Gasteiger partial charge in [0.1, 0.15) is 6.33 Å². The van der Waals surface area contributed by atoms with E-state index < -0.39 is 48.6 Å². The van der Waals surface area contributed by atoms with E-state index in [0.29, 0.717) is 12.1 Å². The Kier molecular flexibility index (Phi) is 7.99. The van der Waals surface area contributed by atoms with Gasteiger partial charge in [0.25, 0.3) is 15.7 Å². The molecule has 0 aliphatic heterocycles. The molecular weight excluding hydrogens is 533 g/mol. The number of carbonyl (C=O) groups is 1. The zero-order chi connectivity index (χ0) is 23.8. The van der Waals surface area contributed by atoms with Crippen LogP contribution in [0.5, 0.6) is 0 Å². The minimum Gasteiger partial charge on any atom is -0.342 e. The molecule has 0 radical (unpaired) electrons. The Morgan fingerprint density at radius 3 is 2.39 bits per heavy atom. The summed E-state index contributed by atoms with van der Waals surface area (Å²) in [6.45, 7) is 1.43. The van der Waals surface area contributed by atoms with Crippen molar-refractivity contribution in [2.24, 2.45) is 0 Å². The van der Waals surface area contributed by atoms with Gasteiger partial charge in [-0.1, -0.05) is 23.2 Å². The maximum absolute atomic E-state index is 14.2. The van der Waals surface area contributed by atoms with Crippen LogP contribution < -0.4 is 5.32 Å². The summed E-state index contributed by atoms with van der Waals surface area (Å²) in [7, 11) is -5.73. The first kappa shape index (κ1) is 26.8. The number of pyridine rings is 1. The van der Waals surface area contributed by atoms with Gasteiger partial charge in [-0.15, -0.1) is 0 Å². The molecule has 0 bridgehead atoms. The van der Waals surface area contributed by atoms with Crippen LogP contribution in [-0.2, 0) is 9.84 Å². The van der Waals surface area contributed by atoms with Gasteiger partial charge in [-0.2, -0.15) is 36.4 Å². The van der Waals surface area contributed by atoms with E-state index in [0.717, 1.165) is 23.1 Å². The van der Waals surface area contributed by atoms with E-state index in [-0.39, 0.29) is 30.2 Å². The summed E-state index contributed by atoms with van der Waals surface area (Å²) in [4.78, 5) is 19.2. The molecule has 0 saturated heterocycles. The summed E-state index contributed by atoms with van der Waals surface area (Å²) in [5.74, 6) is -2.01. The van der Waals surface area contributed by atoms with Crippen LogP contribution in [0.15, 0.2) is 41.7 Å². The van der Waals surface area contributed by atoms with Crippen molar-refractivity contribution < 1.29 is 30.8 Å². The third kappa shape index (κ3) is 5.57. The summed E-state index contributed by atoms with van der Waals surface area (Å²) < 4.78 is 77.1. The van der Waals surface area contributed by atoms with Crippen LogP contribution in [0, 0.1) is 5.82 Å². The van der Waals surface area contributed by atoms with Crippen LogP contribution in [0.2, 0.25) is 10.0 Å². The van der Waals surface area contributed by atoms with E-state index in [4.69, 9.17) is 23.2 Å². The van der Waals surface area contributed by atoms with E-state index in [9.17, 15) is 30.8 Å². The zero-order valence-electron chi connectivity index (χ0n) is 16.2. The van der Waals surface area contributed by atoms with Gasteiger partial charge in [0.15, 0.2) is 17.5 Å². The van der Waals surface area contributed by atoms with Gasteiger partial charge in [-0.05, 0) is 31.2 Å². The number of aromatic nitrogens is 4. The maximum atomic E-state index is 14.2. The smallest absolute Gasteiger partial charge is 0.342 e. The standard InChI is InChI=1S/C17H11Cl2F4N5O3S.H2S/c1-8(14-25-7-26-28(14)15-13(20)5-11(19)6-24-15)27-16(29)9-2-10(18)4-12(3-9)32(30,31)17(21,22)23;/h2-8H,1H3,(H,27,29);1H2/t8-;/m1./s1. The molecule has 3 aromatic rings. The number of hydrogen-bond donors (Lipinski definition) is 1.